The van der Waals surface area contributed by atoms with E-state index in [9.17, 15) is 4.79 Å². The summed E-state index contributed by atoms with van der Waals surface area (Å²) < 4.78 is 0. The maximum absolute atomic E-state index is 12.9. The summed E-state index contributed by atoms with van der Waals surface area (Å²) in [6.45, 7) is 3.66. The molecule has 0 saturated heterocycles. The average molecular weight is 374 g/mol. The fraction of sp³-hybridized carbons (Fsp3) is 0.304. The van der Waals surface area contributed by atoms with Crippen molar-refractivity contribution < 1.29 is 4.79 Å². The average Bonchev–Trinajstić information content (AvgIpc) is 3.18. The Hall–Kier alpha value is -2.92. The third-order valence-electron chi connectivity index (χ3n) is 5.60. The molecule has 28 heavy (non-hydrogen) atoms. The fourth-order valence-electron chi connectivity index (χ4n) is 3.83. The summed E-state index contributed by atoms with van der Waals surface area (Å²) in [5.41, 5.74) is 6.29. The third kappa shape index (κ3) is 3.71. The Morgan fingerprint density at radius 1 is 1.18 bits per heavy atom. The predicted molar refractivity (Wildman–Crippen MR) is 111 cm³/mol. The first-order valence-electron chi connectivity index (χ1n) is 9.66. The van der Waals surface area contributed by atoms with Crippen LogP contribution in [0.5, 0.6) is 0 Å². The number of hydrogen-bond acceptors (Lipinski definition) is 3. The molecule has 0 unspecified atom stereocenters. The van der Waals surface area contributed by atoms with E-state index < -0.39 is 0 Å². The summed E-state index contributed by atoms with van der Waals surface area (Å²) in [7, 11) is 3.99. The number of carbonyl (C=O) groups excluding carboxylic acids is 1. The van der Waals surface area contributed by atoms with Crippen molar-refractivity contribution >= 4 is 5.91 Å². The number of nitrogens with one attached hydrogen (secondary N) is 1. The highest BCUT2D eigenvalue weighted by Crippen LogP contribution is 2.23. The van der Waals surface area contributed by atoms with E-state index in [1.807, 2.05) is 37.4 Å². The lowest BCUT2D eigenvalue weighted by molar-refractivity contribution is 0.0728. The van der Waals surface area contributed by atoms with Gasteiger partial charge in [-0.05, 0) is 37.6 Å². The van der Waals surface area contributed by atoms with Crippen LogP contribution in [0.1, 0.15) is 27.2 Å². The molecule has 1 amide bonds. The van der Waals surface area contributed by atoms with Crippen molar-refractivity contribution in [2.75, 3.05) is 20.6 Å². The number of benzene rings is 2. The maximum Gasteiger partial charge on any atom is 0.271 e. The summed E-state index contributed by atoms with van der Waals surface area (Å²) in [4.78, 5) is 17.0. The molecule has 0 saturated carbocycles. The second-order valence-electron chi connectivity index (χ2n) is 7.76. The number of likely N-dealkylation sites (N-methyl/N-ethyl adjacent to an activating group) is 2. The number of aromatic amines is 1. The molecule has 144 valence electrons. The van der Waals surface area contributed by atoms with Crippen molar-refractivity contribution in [1.29, 1.82) is 0 Å². The molecular weight excluding hydrogens is 348 g/mol. The first kappa shape index (κ1) is 18.4. The van der Waals surface area contributed by atoms with E-state index in [4.69, 9.17) is 0 Å². The van der Waals surface area contributed by atoms with Gasteiger partial charge in [0.1, 0.15) is 5.69 Å². The normalized spacial score (nSPS) is 16.6. The van der Waals surface area contributed by atoms with E-state index >= 15 is 0 Å². The smallest absolute Gasteiger partial charge is 0.271 e. The van der Waals surface area contributed by atoms with Gasteiger partial charge in [-0.2, -0.15) is 5.10 Å². The van der Waals surface area contributed by atoms with Gasteiger partial charge in [-0.3, -0.25) is 14.8 Å². The third-order valence-corrected chi connectivity index (χ3v) is 5.60. The molecule has 0 fully saturated rings. The monoisotopic (exact) mass is 374 g/mol. The first-order chi connectivity index (χ1) is 13.5. The number of amides is 1. The molecule has 1 atom stereocenters. The van der Waals surface area contributed by atoms with Crippen LogP contribution in [0.2, 0.25) is 0 Å². The van der Waals surface area contributed by atoms with Crippen LogP contribution in [-0.2, 0) is 13.0 Å². The van der Waals surface area contributed by atoms with Crippen LogP contribution in [0.25, 0.3) is 11.3 Å². The van der Waals surface area contributed by atoms with Crippen LogP contribution in [0.4, 0.5) is 0 Å². The maximum atomic E-state index is 12.9. The van der Waals surface area contributed by atoms with Gasteiger partial charge >= 0.3 is 0 Å². The van der Waals surface area contributed by atoms with E-state index in [0.717, 1.165) is 24.2 Å². The van der Waals surface area contributed by atoms with E-state index in [1.54, 1.807) is 4.90 Å². The number of rotatable bonds is 4. The topological polar surface area (TPSA) is 52.2 Å². The molecule has 0 spiro atoms. The van der Waals surface area contributed by atoms with Gasteiger partial charge in [-0.15, -0.1) is 0 Å². The Kier molecular flexibility index (Phi) is 5.01. The molecule has 2 aromatic carbocycles. The number of nitrogens with zero attached hydrogens (tertiary/aromatic N) is 3. The van der Waals surface area contributed by atoms with Gasteiger partial charge in [-0.1, -0.05) is 54.1 Å². The Morgan fingerprint density at radius 3 is 2.64 bits per heavy atom. The summed E-state index contributed by atoms with van der Waals surface area (Å²) in [6, 6.07) is 18.9. The van der Waals surface area contributed by atoms with Gasteiger partial charge < -0.3 is 4.90 Å². The standard InChI is InChI=1S/C23H26N4O/c1-16-8-10-17(11-9-16)21-13-22(25-24-21)23(28)27(3)15-20-12-18-6-4-5-7-19(18)14-26(20)2/h4-11,13,20H,12,14-15H2,1-3H3,(H,24,25)/t20-/m0/s1. The minimum Gasteiger partial charge on any atom is -0.339 e. The quantitative estimate of drug-likeness (QED) is 0.760. The van der Waals surface area contributed by atoms with E-state index in [-0.39, 0.29) is 5.91 Å². The van der Waals surface area contributed by atoms with Crippen molar-refractivity contribution in [3.8, 4) is 11.3 Å². The molecule has 1 N–H and O–H groups in total. The van der Waals surface area contributed by atoms with Crippen molar-refractivity contribution in [3.05, 3.63) is 77.0 Å². The number of fused-ring (bicyclic) bond motifs is 1. The number of hydrogen-bond donors (Lipinski definition) is 1. The predicted octanol–water partition coefficient (Wildman–Crippen LogP) is 3.51. The van der Waals surface area contributed by atoms with Crippen LogP contribution in [-0.4, -0.2) is 52.6 Å². The molecule has 2 heterocycles. The van der Waals surface area contributed by atoms with Crippen LogP contribution in [0.15, 0.2) is 54.6 Å². The van der Waals surface area contributed by atoms with Gasteiger partial charge in [0, 0.05) is 31.7 Å². The second kappa shape index (κ2) is 7.60. The Balaban J connectivity index is 1.45. The molecule has 1 aliphatic rings. The summed E-state index contributed by atoms with van der Waals surface area (Å²) >= 11 is 0. The molecule has 4 rings (SSSR count). The number of aromatic nitrogens is 2. The van der Waals surface area contributed by atoms with Gasteiger partial charge in [-0.25, -0.2) is 0 Å². The Morgan fingerprint density at radius 2 is 1.89 bits per heavy atom. The molecule has 0 bridgehead atoms. The lowest BCUT2D eigenvalue weighted by Crippen LogP contribution is -2.46. The van der Waals surface area contributed by atoms with Crippen molar-refractivity contribution in [1.82, 2.24) is 20.0 Å². The summed E-state index contributed by atoms with van der Waals surface area (Å²) in [6.07, 6.45) is 0.960. The number of carbonyl (C=O) groups is 1. The fourth-order valence-corrected chi connectivity index (χ4v) is 3.83. The highest BCUT2D eigenvalue weighted by atomic mass is 16.2. The molecular formula is C23H26N4O. The van der Waals surface area contributed by atoms with E-state index in [1.165, 1.54) is 16.7 Å². The Bertz CT molecular complexity index is 976. The van der Waals surface area contributed by atoms with Crippen LogP contribution in [0.3, 0.4) is 0 Å². The lowest BCUT2D eigenvalue weighted by atomic mass is 9.94. The lowest BCUT2D eigenvalue weighted by Gasteiger charge is -2.36. The van der Waals surface area contributed by atoms with Crippen LogP contribution >= 0.6 is 0 Å². The van der Waals surface area contributed by atoms with E-state index in [2.05, 4.69) is 53.3 Å². The zero-order valence-electron chi connectivity index (χ0n) is 16.6. The zero-order valence-corrected chi connectivity index (χ0v) is 16.6. The molecule has 3 aromatic rings. The SMILES string of the molecule is Cc1ccc(-c2cc(C(=O)N(C)C[C@@H]3Cc4ccccc4CN3C)[nH]n2)cc1. The largest absolute Gasteiger partial charge is 0.339 e. The number of aryl methyl sites for hydroxylation is 1. The van der Waals surface area contributed by atoms with E-state index in [0.29, 0.717) is 18.3 Å². The molecule has 1 aliphatic heterocycles. The summed E-state index contributed by atoms with van der Waals surface area (Å²) in [5.74, 6) is -0.0295. The molecule has 0 aliphatic carbocycles. The van der Waals surface area contributed by atoms with Crippen LogP contribution < -0.4 is 0 Å². The minimum absolute atomic E-state index is 0.0295. The van der Waals surface area contributed by atoms with Crippen molar-refractivity contribution in [3.63, 3.8) is 0 Å². The summed E-state index contributed by atoms with van der Waals surface area (Å²) in [5, 5.41) is 7.24. The zero-order chi connectivity index (χ0) is 19.7. The number of H-pyrrole nitrogens is 1. The molecule has 5 heteroatoms. The highest BCUT2D eigenvalue weighted by molar-refractivity contribution is 5.93. The molecule has 0 radical (unpaired) electrons. The van der Waals surface area contributed by atoms with Gasteiger partial charge in [0.2, 0.25) is 0 Å². The van der Waals surface area contributed by atoms with Gasteiger partial charge in [0.15, 0.2) is 0 Å². The minimum atomic E-state index is -0.0295. The molecule has 1 aromatic heterocycles. The first-order valence-corrected chi connectivity index (χ1v) is 9.66. The van der Waals surface area contributed by atoms with Gasteiger partial charge in [0.05, 0.1) is 5.69 Å². The highest BCUT2D eigenvalue weighted by Gasteiger charge is 2.26. The second-order valence-corrected chi connectivity index (χ2v) is 7.76. The van der Waals surface area contributed by atoms with Gasteiger partial charge in [0.25, 0.3) is 5.91 Å². The van der Waals surface area contributed by atoms with Crippen molar-refractivity contribution in [2.45, 2.75) is 25.9 Å². The van der Waals surface area contributed by atoms with Crippen molar-refractivity contribution in [2.24, 2.45) is 0 Å². The Labute approximate surface area is 166 Å². The molecule has 5 nitrogen and oxygen atoms in total. The van der Waals surface area contributed by atoms with Crippen LogP contribution in [0, 0.1) is 6.92 Å².